The number of carbonyl (C=O) groups excluding carboxylic acids is 3. The van der Waals surface area contributed by atoms with Crippen LogP contribution in [-0.4, -0.2) is 52.5 Å². The van der Waals surface area contributed by atoms with Crippen molar-refractivity contribution in [2.75, 3.05) is 25.0 Å². The third-order valence-corrected chi connectivity index (χ3v) is 5.53. The van der Waals surface area contributed by atoms with Crippen molar-refractivity contribution in [2.45, 2.75) is 58.3 Å². The highest BCUT2D eigenvalue weighted by atomic mass is 16.5. The number of piperidine rings is 1. The van der Waals surface area contributed by atoms with Gasteiger partial charge in [-0.15, -0.1) is 0 Å². The van der Waals surface area contributed by atoms with Crippen LogP contribution in [0.5, 0.6) is 0 Å². The van der Waals surface area contributed by atoms with Crippen LogP contribution in [0.25, 0.3) is 0 Å². The first-order valence-electron chi connectivity index (χ1n) is 11.3. The number of benzene rings is 1. The number of hydrogen-bond donors (Lipinski definition) is 1. The largest absolute Gasteiger partial charge is 0.456 e. The SMILES string of the molecule is CC(C)(C)c1noc(CCCC(=O)OCC(=O)N2CCC(C(=O)Nc3ccccc3)CC2)n1. The van der Waals surface area contributed by atoms with Gasteiger partial charge in [0.2, 0.25) is 11.8 Å². The highest BCUT2D eigenvalue weighted by Crippen LogP contribution is 2.20. The number of likely N-dealkylation sites (tertiary alicyclic amines) is 1. The van der Waals surface area contributed by atoms with Crippen LogP contribution in [0, 0.1) is 5.92 Å². The number of rotatable bonds is 8. The fourth-order valence-electron chi connectivity index (χ4n) is 3.51. The molecule has 33 heavy (non-hydrogen) atoms. The fourth-order valence-corrected chi connectivity index (χ4v) is 3.51. The lowest BCUT2D eigenvalue weighted by molar-refractivity contribution is -0.152. The number of esters is 1. The Balaban J connectivity index is 1.32. The van der Waals surface area contributed by atoms with Crippen molar-refractivity contribution < 1.29 is 23.6 Å². The van der Waals surface area contributed by atoms with Crippen molar-refractivity contribution in [3.63, 3.8) is 0 Å². The summed E-state index contributed by atoms with van der Waals surface area (Å²) in [5, 5.41) is 6.86. The molecule has 1 N–H and O–H groups in total. The van der Waals surface area contributed by atoms with E-state index in [1.807, 2.05) is 51.1 Å². The van der Waals surface area contributed by atoms with E-state index in [9.17, 15) is 14.4 Å². The first kappa shape index (κ1) is 24.4. The molecule has 1 fully saturated rings. The molecule has 178 valence electrons. The molecule has 3 rings (SSSR count). The molecule has 2 aromatic rings. The minimum Gasteiger partial charge on any atom is -0.456 e. The molecule has 0 saturated carbocycles. The summed E-state index contributed by atoms with van der Waals surface area (Å²) in [5.74, 6) is 0.277. The summed E-state index contributed by atoms with van der Waals surface area (Å²) in [4.78, 5) is 42.8. The van der Waals surface area contributed by atoms with Gasteiger partial charge in [-0.05, 0) is 31.4 Å². The average molecular weight is 457 g/mol. The quantitative estimate of drug-likeness (QED) is 0.607. The number of nitrogens with zero attached hydrogens (tertiary/aromatic N) is 3. The molecule has 1 aromatic heterocycles. The summed E-state index contributed by atoms with van der Waals surface area (Å²) in [6, 6.07) is 9.31. The molecule has 1 saturated heterocycles. The number of hydrogen-bond acceptors (Lipinski definition) is 7. The van der Waals surface area contributed by atoms with Crippen LogP contribution in [0.3, 0.4) is 0 Å². The molecular formula is C24H32N4O5. The van der Waals surface area contributed by atoms with Gasteiger partial charge in [-0.25, -0.2) is 0 Å². The Labute approximate surface area is 193 Å². The Kier molecular flexibility index (Phi) is 8.19. The summed E-state index contributed by atoms with van der Waals surface area (Å²) < 4.78 is 10.3. The van der Waals surface area contributed by atoms with Gasteiger partial charge in [0.05, 0.1) is 0 Å². The predicted octanol–water partition coefficient (Wildman–Crippen LogP) is 3.11. The Morgan fingerprint density at radius 2 is 1.85 bits per heavy atom. The lowest BCUT2D eigenvalue weighted by Gasteiger charge is -2.31. The van der Waals surface area contributed by atoms with Crippen LogP contribution in [0.1, 0.15) is 58.2 Å². The molecule has 1 aliphatic heterocycles. The van der Waals surface area contributed by atoms with Crippen molar-refractivity contribution >= 4 is 23.5 Å². The third kappa shape index (κ3) is 7.40. The monoisotopic (exact) mass is 456 g/mol. The maximum atomic E-state index is 12.4. The molecular weight excluding hydrogens is 424 g/mol. The molecule has 0 aliphatic carbocycles. The number of nitrogens with one attached hydrogen (secondary N) is 1. The third-order valence-electron chi connectivity index (χ3n) is 5.53. The van der Waals surface area contributed by atoms with Crippen molar-refractivity contribution in [3.05, 3.63) is 42.0 Å². The lowest BCUT2D eigenvalue weighted by atomic mass is 9.95. The number of aryl methyl sites for hydroxylation is 1. The molecule has 2 heterocycles. The lowest BCUT2D eigenvalue weighted by Crippen LogP contribution is -2.43. The second-order valence-corrected chi connectivity index (χ2v) is 9.29. The second kappa shape index (κ2) is 11.1. The van der Waals surface area contributed by atoms with Crippen LogP contribution >= 0.6 is 0 Å². The van der Waals surface area contributed by atoms with Gasteiger partial charge in [0.25, 0.3) is 5.91 Å². The van der Waals surface area contributed by atoms with Crippen molar-refractivity contribution in [1.82, 2.24) is 15.0 Å². The van der Waals surface area contributed by atoms with Crippen LogP contribution in [-0.2, 0) is 31.0 Å². The highest BCUT2D eigenvalue weighted by molar-refractivity contribution is 5.92. The van der Waals surface area contributed by atoms with E-state index < -0.39 is 5.97 Å². The summed E-state index contributed by atoms with van der Waals surface area (Å²) in [5.41, 5.74) is 0.572. The summed E-state index contributed by atoms with van der Waals surface area (Å²) in [6.45, 7) is 6.65. The molecule has 0 unspecified atom stereocenters. The standard InChI is InChI=1S/C24H32N4O5/c1-24(2,3)23-26-19(33-27-23)10-7-11-21(30)32-16-20(29)28-14-12-17(13-15-28)22(31)25-18-8-5-4-6-9-18/h4-6,8-9,17H,7,10-16H2,1-3H3,(H,25,31). The maximum absolute atomic E-state index is 12.4. The van der Waals surface area contributed by atoms with E-state index in [-0.39, 0.29) is 36.2 Å². The van der Waals surface area contributed by atoms with Crippen LogP contribution in [0.2, 0.25) is 0 Å². The van der Waals surface area contributed by atoms with Gasteiger partial charge in [-0.1, -0.05) is 44.1 Å². The van der Waals surface area contributed by atoms with Crippen molar-refractivity contribution in [1.29, 1.82) is 0 Å². The minimum atomic E-state index is -0.434. The number of ether oxygens (including phenoxy) is 1. The van der Waals surface area contributed by atoms with Crippen molar-refractivity contribution in [2.24, 2.45) is 5.92 Å². The van der Waals surface area contributed by atoms with Crippen LogP contribution < -0.4 is 5.32 Å². The van der Waals surface area contributed by atoms with Gasteiger partial charge in [-0.3, -0.25) is 14.4 Å². The number of carbonyl (C=O) groups is 3. The van der Waals surface area contributed by atoms with Gasteiger partial charge in [0.1, 0.15) is 0 Å². The number of amides is 2. The van der Waals surface area contributed by atoms with E-state index in [2.05, 4.69) is 15.5 Å². The smallest absolute Gasteiger partial charge is 0.306 e. The van der Waals surface area contributed by atoms with Gasteiger partial charge < -0.3 is 19.5 Å². The van der Waals surface area contributed by atoms with E-state index >= 15 is 0 Å². The predicted molar refractivity (Wildman–Crippen MR) is 121 cm³/mol. The molecule has 2 amide bonds. The molecule has 9 nitrogen and oxygen atoms in total. The van der Waals surface area contributed by atoms with Gasteiger partial charge in [0.15, 0.2) is 12.4 Å². The van der Waals surface area contributed by atoms with E-state index in [0.717, 1.165) is 5.69 Å². The van der Waals surface area contributed by atoms with E-state index in [1.165, 1.54) is 0 Å². The Hall–Kier alpha value is -3.23. The summed E-state index contributed by atoms with van der Waals surface area (Å²) >= 11 is 0. The average Bonchev–Trinajstić information content (AvgIpc) is 3.28. The molecule has 0 spiro atoms. The van der Waals surface area contributed by atoms with Crippen LogP contribution in [0.4, 0.5) is 5.69 Å². The molecule has 0 bridgehead atoms. The first-order valence-corrected chi connectivity index (χ1v) is 11.3. The summed E-state index contributed by atoms with van der Waals surface area (Å²) in [6.07, 6.45) is 2.31. The van der Waals surface area contributed by atoms with Crippen LogP contribution in [0.15, 0.2) is 34.9 Å². The van der Waals surface area contributed by atoms with E-state index in [0.29, 0.717) is 50.5 Å². The minimum absolute atomic E-state index is 0.0319. The highest BCUT2D eigenvalue weighted by Gasteiger charge is 2.28. The normalized spacial score (nSPS) is 14.7. The summed E-state index contributed by atoms with van der Waals surface area (Å²) in [7, 11) is 0. The number of aromatic nitrogens is 2. The molecule has 9 heteroatoms. The van der Waals surface area contributed by atoms with Gasteiger partial charge in [0, 0.05) is 43.0 Å². The molecule has 0 atom stereocenters. The van der Waals surface area contributed by atoms with E-state index in [1.54, 1.807) is 4.90 Å². The van der Waals surface area contributed by atoms with Gasteiger partial charge in [-0.2, -0.15) is 4.98 Å². The zero-order valence-electron chi connectivity index (χ0n) is 19.5. The number of para-hydroxylation sites is 1. The zero-order chi connectivity index (χ0) is 23.8. The second-order valence-electron chi connectivity index (χ2n) is 9.29. The van der Waals surface area contributed by atoms with Crippen molar-refractivity contribution in [3.8, 4) is 0 Å². The molecule has 1 aromatic carbocycles. The topological polar surface area (TPSA) is 115 Å². The first-order chi connectivity index (χ1) is 15.7. The molecule has 0 radical (unpaired) electrons. The van der Waals surface area contributed by atoms with E-state index in [4.69, 9.17) is 9.26 Å². The Bertz CT molecular complexity index is 943. The zero-order valence-corrected chi connectivity index (χ0v) is 19.5. The maximum Gasteiger partial charge on any atom is 0.306 e. The molecule has 1 aliphatic rings. The fraction of sp³-hybridized carbons (Fsp3) is 0.542. The Morgan fingerprint density at radius 3 is 2.48 bits per heavy atom. The number of anilines is 1. The van der Waals surface area contributed by atoms with Gasteiger partial charge >= 0.3 is 5.97 Å². The Morgan fingerprint density at radius 1 is 1.15 bits per heavy atom.